The Morgan fingerprint density at radius 2 is 2.07 bits per heavy atom. The molecule has 1 fully saturated rings. The minimum atomic E-state index is -0.340. The molecule has 0 aromatic rings. The Bertz CT molecular complexity index is 186. The zero-order valence-electron chi connectivity index (χ0n) is 9.12. The zero-order valence-corrected chi connectivity index (χ0v) is 9.12. The molecule has 0 unspecified atom stereocenters. The normalized spacial score (nSPS) is 20.7. The van der Waals surface area contributed by atoms with Gasteiger partial charge < -0.3 is 16.0 Å². The molecule has 4 heteroatoms. The van der Waals surface area contributed by atoms with Crippen LogP contribution in [0.15, 0.2) is 0 Å². The lowest BCUT2D eigenvalue weighted by Crippen LogP contribution is -2.47. The summed E-state index contributed by atoms with van der Waals surface area (Å²) in [5.74, 6) is 0.322. The second-order valence-corrected chi connectivity index (χ2v) is 4.20. The second-order valence-electron chi connectivity index (χ2n) is 4.20. The predicted octanol–water partition coefficient (Wildman–Crippen LogP) is -0.208. The summed E-state index contributed by atoms with van der Waals surface area (Å²) in [6.07, 6.45) is 1.02. The van der Waals surface area contributed by atoms with Crippen molar-refractivity contribution >= 4 is 5.91 Å². The quantitative estimate of drug-likeness (QED) is 0.647. The molecule has 4 nitrogen and oxygen atoms in total. The van der Waals surface area contributed by atoms with Crippen LogP contribution in [-0.2, 0) is 4.79 Å². The van der Waals surface area contributed by atoms with Crippen LogP contribution in [0.3, 0.4) is 0 Å². The number of rotatable bonds is 2. The van der Waals surface area contributed by atoms with E-state index in [9.17, 15) is 4.79 Å². The average Bonchev–Trinajstić information content (AvgIpc) is 2.43. The Morgan fingerprint density at radius 1 is 1.36 bits per heavy atom. The van der Waals surface area contributed by atoms with Crippen LogP contribution in [0.2, 0.25) is 0 Å². The molecule has 1 heterocycles. The van der Waals surface area contributed by atoms with Crippen LogP contribution in [0, 0.1) is 5.92 Å². The van der Waals surface area contributed by atoms with Crippen molar-refractivity contribution in [2.75, 3.05) is 26.2 Å². The smallest absolute Gasteiger partial charge is 0.239 e. The highest BCUT2D eigenvalue weighted by Gasteiger charge is 2.23. The van der Waals surface area contributed by atoms with E-state index in [1.165, 1.54) is 0 Å². The van der Waals surface area contributed by atoms with Crippen LogP contribution in [0.4, 0.5) is 0 Å². The van der Waals surface area contributed by atoms with Crippen molar-refractivity contribution < 1.29 is 4.79 Å². The Balaban J connectivity index is 2.49. The molecule has 1 aliphatic heterocycles. The Hall–Kier alpha value is -0.610. The van der Waals surface area contributed by atoms with Crippen LogP contribution in [0.25, 0.3) is 0 Å². The van der Waals surface area contributed by atoms with Crippen LogP contribution in [0.5, 0.6) is 0 Å². The molecule has 0 aliphatic carbocycles. The zero-order chi connectivity index (χ0) is 10.6. The minimum Gasteiger partial charge on any atom is -0.340 e. The number of nitrogens with one attached hydrogen (secondary N) is 1. The molecule has 82 valence electrons. The number of carbonyl (C=O) groups excluding carboxylic acids is 1. The SMILES string of the molecule is CC(C)[C@@H](N)C(=O)N1CCCNCC1. The van der Waals surface area contributed by atoms with Gasteiger partial charge in [0.25, 0.3) is 0 Å². The number of nitrogens with two attached hydrogens (primary N) is 1. The van der Waals surface area contributed by atoms with E-state index in [1.54, 1.807) is 0 Å². The third-order valence-electron chi connectivity index (χ3n) is 2.66. The fourth-order valence-electron chi connectivity index (χ4n) is 1.56. The van der Waals surface area contributed by atoms with Crippen LogP contribution >= 0.6 is 0 Å². The predicted molar refractivity (Wildman–Crippen MR) is 56.9 cm³/mol. The summed E-state index contributed by atoms with van der Waals surface area (Å²) < 4.78 is 0. The van der Waals surface area contributed by atoms with Gasteiger partial charge in [-0.3, -0.25) is 4.79 Å². The third-order valence-corrected chi connectivity index (χ3v) is 2.66. The van der Waals surface area contributed by atoms with E-state index < -0.39 is 0 Å². The standard InChI is InChI=1S/C10H21N3O/c1-8(2)9(11)10(14)13-6-3-4-12-5-7-13/h8-9,12H,3-7,11H2,1-2H3/t9-/m1/s1. The molecule has 1 rings (SSSR count). The van der Waals surface area contributed by atoms with Gasteiger partial charge in [-0.15, -0.1) is 0 Å². The molecule has 1 saturated heterocycles. The molecule has 1 amide bonds. The number of carbonyl (C=O) groups is 1. The molecule has 0 spiro atoms. The van der Waals surface area contributed by atoms with Gasteiger partial charge in [-0.05, 0) is 18.9 Å². The van der Waals surface area contributed by atoms with Crippen molar-refractivity contribution in [3.8, 4) is 0 Å². The lowest BCUT2D eigenvalue weighted by atomic mass is 10.0. The number of amides is 1. The molecule has 0 aromatic carbocycles. The van der Waals surface area contributed by atoms with Crippen molar-refractivity contribution in [2.24, 2.45) is 11.7 Å². The maximum Gasteiger partial charge on any atom is 0.239 e. The van der Waals surface area contributed by atoms with E-state index in [0.717, 1.165) is 32.6 Å². The van der Waals surface area contributed by atoms with Crippen molar-refractivity contribution in [2.45, 2.75) is 26.3 Å². The van der Waals surface area contributed by atoms with Crippen molar-refractivity contribution in [1.82, 2.24) is 10.2 Å². The highest BCUT2D eigenvalue weighted by atomic mass is 16.2. The van der Waals surface area contributed by atoms with Gasteiger partial charge in [-0.1, -0.05) is 13.8 Å². The summed E-state index contributed by atoms with van der Waals surface area (Å²) in [5, 5.41) is 3.27. The molecule has 1 aliphatic rings. The molecule has 3 N–H and O–H groups in total. The van der Waals surface area contributed by atoms with Crippen LogP contribution < -0.4 is 11.1 Å². The first kappa shape index (κ1) is 11.5. The summed E-state index contributed by atoms with van der Waals surface area (Å²) in [7, 11) is 0. The summed E-state index contributed by atoms with van der Waals surface area (Å²) in [6, 6.07) is -0.340. The molecule has 1 atom stereocenters. The molecule has 14 heavy (non-hydrogen) atoms. The maximum absolute atomic E-state index is 11.9. The molecular formula is C10H21N3O. The second kappa shape index (κ2) is 5.32. The van der Waals surface area contributed by atoms with E-state index in [0.29, 0.717) is 0 Å². The fourth-order valence-corrected chi connectivity index (χ4v) is 1.56. The number of hydrogen-bond donors (Lipinski definition) is 2. The monoisotopic (exact) mass is 199 g/mol. The Labute approximate surface area is 85.8 Å². The van der Waals surface area contributed by atoms with E-state index >= 15 is 0 Å². The Kier molecular flexibility index (Phi) is 4.35. The number of hydrogen-bond acceptors (Lipinski definition) is 3. The van der Waals surface area contributed by atoms with Gasteiger partial charge in [-0.25, -0.2) is 0 Å². The number of nitrogens with zero attached hydrogens (tertiary/aromatic N) is 1. The highest BCUT2D eigenvalue weighted by Crippen LogP contribution is 2.05. The molecule has 0 bridgehead atoms. The minimum absolute atomic E-state index is 0.101. The van der Waals surface area contributed by atoms with Crippen LogP contribution in [0.1, 0.15) is 20.3 Å². The molecule has 0 saturated carbocycles. The first-order valence-electron chi connectivity index (χ1n) is 5.38. The van der Waals surface area contributed by atoms with Gasteiger partial charge in [0.1, 0.15) is 0 Å². The summed E-state index contributed by atoms with van der Waals surface area (Å²) in [6.45, 7) is 7.49. The van der Waals surface area contributed by atoms with E-state index in [2.05, 4.69) is 5.32 Å². The Morgan fingerprint density at radius 3 is 2.71 bits per heavy atom. The lowest BCUT2D eigenvalue weighted by Gasteiger charge is -2.25. The van der Waals surface area contributed by atoms with Gasteiger partial charge in [0.2, 0.25) is 5.91 Å². The van der Waals surface area contributed by atoms with E-state index in [4.69, 9.17) is 5.73 Å². The fraction of sp³-hybridized carbons (Fsp3) is 0.900. The lowest BCUT2D eigenvalue weighted by molar-refractivity contribution is -0.133. The van der Waals surface area contributed by atoms with Gasteiger partial charge in [0.15, 0.2) is 0 Å². The average molecular weight is 199 g/mol. The first-order valence-corrected chi connectivity index (χ1v) is 5.38. The molecule has 0 aromatic heterocycles. The van der Waals surface area contributed by atoms with Crippen molar-refractivity contribution in [3.63, 3.8) is 0 Å². The summed E-state index contributed by atoms with van der Waals surface area (Å²) in [4.78, 5) is 13.7. The van der Waals surface area contributed by atoms with Gasteiger partial charge in [-0.2, -0.15) is 0 Å². The summed E-state index contributed by atoms with van der Waals surface area (Å²) >= 11 is 0. The van der Waals surface area contributed by atoms with Crippen molar-refractivity contribution in [1.29, 1.82) is 0 Å². The molecular weight excluding hydrogens is 178 g/mol. The summed E-state index contributed by atoms with van der Waals surface area (Å²) in [5.41, 5.74) is 5.83. The topological polar surface area (TPSA) is 58.4 Å². The van der Waals surface area contributed by atoms with Crippen molar-refractivity contribution in [3.05, 3.63) is 0 Å². The first-order chi connectivity index (χ1) is 6.63. The van der Waals surface area contributed by atoms with Gasteiger partial charge >= 0.3 is 0 Å². The van der Waals surface area contributed by atoms with Gasteiger partial charge in [0, 0.05) is 19.6 Å². The van der Waals surface area contributed by atoms with E-state index in [1.807, 2.05) is 18.7 Å². The van der Waals surface area contributed by atoms with Gasteiger partial charge in [0.05, 0.1) is 6.04 Å². The highest BCUT2D eigenvalue weighted by molar-refractivity contribution is 5.81. The maximum atomic E-state index is 11.9. The third kappa shape index (κ3) is 2.96. The largest absolute Gasteiger partial charge is 0.340 e. The van der Waals surface area contributed by atoms with Crippen LogP contribution in [-0.4, -0.2) is 43.0 Å². The molecule has 0 radical (unpaired) electrons. The van der Waals surface area contributed by atoms with E-state index in [-0.39, 0.29) is 17.9 Å².